The number of nitrogens with zero attached hydrogens (tertiary/aromatic N) is 2. The number of urea groups is 1. The van der Waals surface area contributed by atoms with Crippen LogP contribution in [0.15, 0.2) is 5.51 Å². The van der Waals surface area contributed by atoms with E-state index < -0.39 is 11.4 Å². The van der Waals surface area contributed by atoms with Crippen LogP contribution in [0.1, 0.15) is 23.4 Å². The fourth-order valence-corrected chi connectivity index (χ4v) is 2.59. The van der Waals surface area contributed by atoms with E-state index in [2.05, 4.69) is 10.3 Å². The van der Waals surface area contributed by atoms with E-state index in [0.717, 1.165) is 10.6 Å². The molecule has 1 aliphatic carbocycles. The third-order valence-corrected chi connectivity index (χ3v) is 4.38. The minimum absolute atomic E-state index is 0.202. The van der Waals surface area contributed by atoms with Gasteiger partial charge in [0.25, 0.3) is 0 Å². The van der Waals surface area contributed by atoms with Crippen LogP contribution >= 0.6 is 11.3 Å². The van der Waals surface area contributed by atoms with Crippen LogP contribution < -0.4 is 5.32 Å². The van der Waals surface area contributed by atoms with Gasteiger partial charge in [0, 0.05) is 18.5 Å². The molecule has 2 amide bonds. The molecule has 0 saturated heterocycles. The lowest BCUT2D eigenvalue weighted by Gasteiger charge is -2.19. The first-order valence-corrected chi connectivity index (χ1v) is 6.94. The molecular formula is C12H17N3O3S. The fraction of sp³-hybridized carbons (Fsp3) is 0.583. The van der Waals surface area contributed by atoms with Crippen molar-refractivity contribution in [2.24, 2.45) is 5.41 Å². The Kier molecular flexibility index (Phi) is 3.75. The van der Waals surface area contributed by atoms with Gasteiger partial charge in [-0.15, -0.1) is 11.3 Å². The predicted octanol–water partition coefficient (Wildman–Crippen LogP) is 1.46. The molecule has 1 aromatic rings. The summed E-state index contributed by atoms with van der Waals surface area (Å²) in [5.74, 6) is -0.825. The van der Waals surface area contributed by atoms with Crippen LogP contribution in [-0.4, -0.2) is 40.6 Å². The average molecular weight is 283 g/mol. The van der Waals surface area contributed by atoms with Gasteiger partial charge in [-0.25, -0.2) is 9.78 Å². The summed E-state index contributed by atoms with van der Waals surface area (Å²) >= 11 is 1.51. The zero-order valence-corrected chi connectivity index (χ0v) is 11.8. The second-order valence-electron chi connectivity index (χ2n) is 4.96. The molecule has 0 spiro atoms. The summed E-state index contributed by atoms with van der Waals surface area (Å²) in [6, 6.07) is -0.250. The Morgan fingerprint density at radius 3 is 2.74 bits per heavy atom. The van der Waals surface area contributed by atoms with Gasteiger partial charge in [-0.3, -0.25) is 4.79 Å². The molecule has 1 heterocycles. The van der Waals surface area contributed by atoms with Gasteiger partial charge >= 0.3 is 12.0 Å². The third kappa shape index (κ3) is 3.04. The molecule has 1 saturated carbocycles. The minimum Gasteiger partial charge on any atom is -0.481 e. The Morgan fingerprint density at radius 1 is 1.58 bits per heavy atom. The standard InChI is InChI=1S/C12H17N3O3S/c1-8-9(19-7-14-8)5-15(2)11(18)13-6-12(3-4-12)10(16)17/h7H,3-6H2,1-2H3,(H,13,18)(H,16,17). The number of carbonyl (C=O) groups excluding carboxylic acids is 1. The number of carboxylic acids is 1. The van der Waals surface area contributed by atoms with Gasteiger partial charge < -0.3 is 15.3 Å². The van der Waals surface area contributed by atoms with Gasteiger partial charge in [-0.1, -0.05) is 0 Å². The van der Waals surface area contributed by atoms with Crippen molar-refractivity contribution in [3.05, 3.63) is 16.1 Å². The number of rotatable bonds is 5. The van der Waals surface area contributed by atoms with Crippen molar-refractivity contribution in [2.45, 2.75) is 26.3 Å². The van der Waals surface area contributed by atoms with Gasteiger partial charge in [-0.05, 0) is 19.8 Å². The van der Waals surface area contributed by atoms with E-state index in [9.17, 15) is 9.59 Å². The van der Waals surface area contributed by atoms with E-state index in [-0.39, 0.29) is 12.6 Å². The number of amides is 2. The van der Waals surface area contributed by atoms with Crippen molar-refractivity contribution < 1.29 is 14.7 Å². The summed E-state index contributed by atoms with van der Waals surface area (Å²) in [6.45, 7) is 2.59. The summed E-state index contributed by atoms with van der Waals surface area (Å²) in [6.07, 6.45) is 1.28. The Balaban J connectivity index is 1.83. The summed E-state index contributed by atoms with van der Waals surface area (Å²) in [7, 11) is 1.69. The smallest absolute Gasteiger partial charge is 0.317 e. The number of carbonyl (C=O) groups is 2. The zero-order valence-electron chi connectivity index (χ0n) is 11.0. The molecule has 0 aromatic carbocycles. The molecule has 2 N–H and O–H groups in total. The zero-order chi connectivity index (χ0) is 14.0. The van der Waals surface area contributed by atoms with Gasteiger partial charge in [0.05, 0.1) is 23.2 Å². The average Bonchev–Trinajstić information content (AvgIpc) is 3.06. The monoisotopic (exact) mass is 283 g/mol. The number of thiazole rings is 1. The van der Waals surface area contributed by atoms with E-state index >= 15 is 0 Å². The van der Waals surface area contributed by atoms with Crippen LogP contribution in [0.3, 0.4) is 0 Å². The maximum Gasteiger partial charge on any atom is 0.317 e. The molecule has 1 fully saturated rings. The summed E-state index contributed by atoms with van der Waals surface area (Å²) in [4.78, 5) is 29.6. The number of carboxylic acid groups (broad SMARTS) is 1. The van der Waals surface area contributed by atoms with Crippen molar-refractivity contribution in [3.63, 3.8) is 0 Å². The first-order valence-electron chi connectivity index (χ1n) is 6.06. The van der Waals surface area contributed by atoms with Crippen molar-refractivity contribution in [1.29, 1.82) is 0 Å². The number of aryl methyl sites for hydroxylation is 1. The number of aromatic nitrogens is 1. The maximum atomic E-state index is 11.9. The molecule has 0 atom stereocenters. The maximum absolute atomic E-state index is 11.9. The quantitative estimate of drug-likeness (QED) is 0.857. The van der Waals surface area contributed by atoms with Crippen LogP contribution in [-0.2, 0) is 11.3 Å². The second-order valence-corrected chi connectivity index (χ2v) is 5.90. The van der Waals surface area contributed by atoms with Crippen LogP contribution in [0, 0.1) is 12.3 Å². The number of aliphatic carboxylic acids is 1. The van der Waals surface area contributed by atoms with Gasteiger partial charge in [0.2, 0.25) is 0 Å². The first kappa shape index (κ1) is 13.8. The largest absolute Gasteiger partial charge is 0.481 e. The lowest BCUT2D eigenvalue weighted by Crippen LogP contribution is -2.41. The molecule has 19 heavy (non-hydrogen) atoms. The Bertz CT molecular complexity index is 496. The highest BCUT2D eigenvalue weighted by Gasteiger charge is 2.50. The lowest BCUT2D eigenvalue weighted by molar-refractivity contribution is -0.143. The van der Waals surface area contributed by atoms with Crippen molar-refractivity contribution in [2.75, 3.05) is 13.6 Å². The molecule has 7 heteroatoms. The molecule has 1 aromatic heterocycles. The van der Waals surface area contributed by atoms with Gasteiger partial charge in [0.1, 0.15) is 0 Å². The summed E-state index contributed by atoms with van der Waals surface area (Å²) < 4.78 is 0. The fourth-order valence-electron chi connectivity index (χ4n) is 1.76. The summed E-state index contributed by atoms with van der Waals surface area (Å²) in [5.41, 5.74) is 1.95. The number of hydrogen-bond donors (Lipinski definition) is 2. The molecule has 1 aliphatic rings. The van der Waals surface area contributed by atoms with E-state index in [4.69, 9.17) is 5.11 Å². The SMILES string of the molecule is Cc1ncsc1CN(C)C(=O)NCC1(C(=O)O)CC1. The molecule has 0 unspecified atom stereocenters. The Hall–Kier alpha value is -1.63. The van der Waals surface area contributed by atoms with Crippen LogP contribution in [0.25, 0.3) is 0 Å². The van der Waals surface area contributed by atoms with Crippen molar-refractivity contribution in [3.8, 4) is 0 Å². The first-order chi connectivity index (χ1) is 8.94. The lowest BCUT2D eigenvalue weighted by atomic mass is 10.1. The minimum atomic E-state index is -0.825. The molecule has 2 rings (SSSR count). The Labute approximate surface area is 115 Å². The van der Waals surface area contributed by atoms with E-state index in [1.165, 1.54) is 11.3 Å². The highest BCUT2D eigenvalue weighted by molar-refractivity contribution is 7.09. The van der Waals surface area contributed by atoms with Crippen LogP contribution in [0.4, 0.5) is 4.79 Å². The second kappa shape index (κ2) is 5.16. The van der Waals surface area contributed by atoms with Crippen molar-refractivity contribution >= 4 is 23.3 Å². The van der Waals surface area contributed by atoms with Crippen LogP contribution in [0.2, 0.25) is 0 Å². The van der Waals surface area contributed by atoms with Crippen LogP contribution in [0.5, 0.6) is 0 Å². The highest BCUT2D eigenvalue weighted by atomic mass is 32.1. The van der Waals surface area contributed by atoms with Crippen molar-refractivity contribution in [1.82, 2.24) is 15.2 Å². The summed E-state index contributed by atoms with van der Waals surface area (Å²) in [5, 5.41) is 11.7. The molecule has 6 nitrogen and oxygen atoms in total. The predicted molar refractivity (Wildman–Crippen MR) is 71.0 cm³/mol. The molecular weight excluding hydrogens is 266 g/mol. The van der Waals surface area contributed by atoms with E-state index in [0.29, 0.717) is 19.4 Å². The molecule has 0 radical (unpaired) electrons. The van der Waals surface area contributed by atoms with Gasteiger partial charge in [-0.2, -0.15) is 0 Å². The normalized spacial score (nSPS) is 15.9. The third-order valence-electron chi connectivity index (χ3n) is 3.46. The van der Waals surface area contributed by atoms with E-state index in [1.54, 1.807) is 17.5 Å². The molecule has 0 aliphatic heterocycles. The number of hydrogen-bond acceptors (Lipinski definition) is 4. The molecule has 0 bridgehead atoms. The highest BCUT2D eigenvalue weighted by Crippen LogP contribution is 2.45. The number of nitrogens with one attached hydrogen (secondary N) is 1. The van der Waals surface area contributed by atoms with Gasteiger partial charge in [0.15, 0.2) is 0 Å². The Morgan fingerprint density at radius 2 is 2.26 bits per heavy atom. The van der Waals surface area contributed by atoms with E-state index in [1.807, 2.05) is 6.92 Å². The molecule has 104 valence electrons. The topological polar surface area (TPSA) is 82.5 Å².